The van der Waals surface area contributed by atoms with Crippen LogP contribution in [0.25, 0.3) is 11.1 Å². The van der Waals surface area contributed by atoms with E-state index in [4.69, 9.17) is 0 Å². The summed E-state index contributed by atoms with van der Waals surface area (Å²) in [4.78, 5) is 12.4. The fourth-order valence-electron chi connectivity index (χ4n) is 2.57. The molecule has 0 atom stereocenters. The Balaban J connectivity index is 2.01. The number of rotatable bonds is 4. The molecular formula is C18H12F5N3O. The van der Waals surface area contributed by atoms with Gasteiger partial charge in [-0.25, -0.2) is 22.0 Å². The first-order valence-corrected chi connectivity index (χ1v) is 7.64. The maximum atomic E-state index is 13.6. The summed E-state index contributed by atoms with van der Waals surface area (Å²) in [5, 5.41) is 5.86. The van der Waals surface area contributed by atoms with Crippen molar-refractivity contribution in [3.05, 3.63) is 71.3 Å². The molecule has 0 saturated carbocycles. The molecule has 27 heavy (non-hydrogen) atoms. The summed E-state index contributed by atoms with van der Waals surface area (Å²) in [5.74, 6) is -3.84. The van der Waals surface area contributed by atoms with Gasteiger partial charge in [-0.05, 0) is 35.9 Å². The van der Waals surface area contributed by atoms with E-state index in [9.17, 15) is 26.7 Å². The number of alkyl halides is 2. The molecule has 2 aromatic carbocycles. The summed E-state index contributed by atoms with van der Waals surface area (Å²) < 4.78 is 67.4. The normalized spacial score (nSPS) is 11.1. The van der Waals surface area contributed by atoms with Crippen molar-refractivity contribution in [3.8, 4) is 11.1 Å². The van der Waals surface area contributed by atoms with Crippen LogP contribution in [-0.4, -0.2) is 15.7 Å². The number of nitrogens with zero attached hydrogens (tertiary/aromatic N) is 2. The van der Waals surface area contributed by atoms with E-state index in [2.05, 4.69) is 10.4 Å². The Morgan fingerprint density at radius 3 is 2.48 bits per heavy atom. The molecule has 0 bridgehead atoms. The van der Waals surface area contributed by atoms with Gasteiger partial charge < -0.3 is 5.32 Å². The van der Waals surface area contributed by atoms with E-state index < -0.39 is 35.5 Å². The third-order valence-corrected chi connectivity index (χ3v) is 3.77. The summed E-state index contributed by atoms with van der Waals surface area (Å²) in [6, 6.07) is 6.29. The van der Waals surface area contributed by atoms with E-state index in [1.54, 1.807) is 0 Å². The Labute approximate surface area is 150 Å². The first-order valence-electron chi connectivity index (χ1n) is 7.64. The largest absolute Gasteiger partial charge is 0.321 e. The van der Waals surface area contributed by atoms with Gasteiger partial charge in [-0.3, -0.25) is 9.48 Å². The van der Waals surface area contributed by atoms with Crippen molar-refractivity contribution in [1.82, 2.24) is 9.78 Å². The van der Waals surface area contributed by atoms with Crippen molar-refractivity contribution in [3.63, 3.8) is 0 Å². The number of carbonyl (C=O) groups is 1. The molecule has 1 amide bonds. The summed E-state index contributed by atoms with van der Waals surface area (Å²) in [7, 11) is 1.37. The Kier molecular flexibility index (Phi) is 4.93. The summed E-state index contributed by atoms with van der Waals surface area (Å²) in [6.07, 6.45) is -1.88. The second-order valence-corrected chi connectivity index (χ2v) is 5.68. The van der Waals surface area contributed by atoms with Crippen molar-refractivity contribution in [2.45, 2.75) is 6.43 Å². The van der Waals surface area contributed by atoms with E-state index in [0.29, 0.717) is 0 Å². The van der Waals surface area contributed by atoms with Crippen molar-refractivity contribution in [2.24, 2.45) is 7.05 Å². The first kappa shape index (κ1) is 18.6. The van der Waals surface area contributed by atoms with Crippen molar-refractivity contribution >= 4 is 11.6 Å². The van der Waals surface area contributed by atoms with E-state index in [-0.39, 0.29) is 22.4 Å². The molecule has 140 valence electrons. The van der Waals surface area contributed by atoms with E-state index >= 15 is 0 Å². The van der Waals surface area contributed by atoms with Gasteiger partial charge in [0.25, 0.3) is 12.3 Å². The molecule has 1 aromatic heterocycles. The maximum Gasteiger partial charge on any atom is 0.282 e. The van der Waals surface area contributed by atoms with Crippen LogP contribution >= 0.6 is 0 Å². The van der Waals surface area contributed by atoms with Crippen LogP contribution in [0.5, 0.6) is 0 Å². The minimum atomic E-state index is -2.98. The Hall–Kier alpha value is -3.23. The van der Waals surface area contributed by atoms with Crippen molar-refractivity contribution in [2.75, 3.05) is 5.32 Å². The van der Waals surface area contributed by atoms with Crippen molar-refractivity contribution < 1.29 is 26.7 Å². The molecule has 0 saturated heterocycles. The number of hydrogen-bond donors (Lipinski definition) is 1. The number of amides is 1. The summed E-state index contributed by atoms with van der Waals surface area (Å²) in [5.41, 5.74) is -0.834. The SMILES string of the molecule is Cn1cc(C(=O)Nc2cc(F)ccc2-c2ccc(F)c(F)c2)c(C(F)F)n1. The van der Waals surface area contributed by atoms with Crippen LogP contribution in [0.2, 0.25) is 0 Å². The van der Waals surface area contributed by atoms with Gasteiger partial charge >= 0.3 is 0 Å². The van der Waals surface area contributed by atoms with Crippen LogP contribution in [0.15, 0.2) is 42.6 Å². The lowest BCUT2D eigenvalue weighted by Crippen LogP contribution is -2.14. The number of carbonyl (C=O) groups excluding carboxylic acids is 1. The Morgan fingerprint density at radius 2 is 1.81 bits per heavy atom. The Bertz CT molecular complexity index is 1020. The highest BCUT2D eigenvalue weighted by Crippen LogP contribution is 2.31. The second-order valence-electron chi connectivity index (χ2n) is 5.68. The predicted molar refractivity (Wildman–Crippen MR) is 87.9 cm³/mol. The molecule has 0 aliphatic rings. The minimum absolute atomic E-state index is 0.0879. The molecule has 0 spiro atoms. The number of benzene rings is 2. The molecule has 1 heterocycles. The van der Waals surface area contributed by atoms with Gasteiger partial charge in [0.2, 0.25) is 0 Å². The zero-order chi connectivity index (χ0) is 19.7. The summed E-state index contributed by atoms with van der Waals surface area (Å²) >= 11 is 0. The van der Waals surface area contributed by atoms with Gasteiger partial charge in [0.1, 0.15) is 11.5 Å². The minimum Gasteiger partial charge on any atom is -0.321 e. The van der Waals surface area contributed by atoms with Crippen molar-refractivity contribution in [1.29, 1.82) is 0 Å². The fourth-order valence-corrected chi connectivity index (χ4v) is 2.57. The lowest BCUT2D eigenvalue weighted by atomic mass is 10.0. The lowest BCUT2D eigenvalue weighted by molar-refractivity contribution is 0.101. The molecule has 0 aliphatic carbocycles. The Morgan fingerprint density at radius 1 is 1.07 bits per heavy atom. The molecular weight excluding hydrogens is 369 g/mol. The highest BCUT2D eigenvalue weighted by atomic mass is 19.3. The molecule has 0 unspecified atom stereocenters. The molecule has 9 heteroatoms. The molecule has 3 rings (SSSR count). The number of aryl methyl sites for hydroxylation is 1. The quantitative estimate of drug-likeness (QED) is 0.667. The van der Waals surface area contributed by atoms with Gasteiger partial charge in [-0.15, -0.1) is 0 Å². The highest BCUT2D eigenvalue weighted by Gasteiger charge is 2.23. The zero-order valence-electron chi connectivity index (χ0n) is 13.8. The van der Waals surface area contributed by atoms with Crippen LogP contribution in [0, 0.1) is 17.5 Å². The van der Waals surface area contributed by atoms with Gasteiger partial charge in [-0.2, -0.15) is 5.10 Å². The number of nitrogens with one attached hydrogen (secondary N) is 1. The van der Waals surface area contributed by atoms with Gasteiger partial charge in [-0.1, -0.05) is 6.07 Å². The van der Waals surface area contributed by atoms with Crippen LogP contribution in [0.4, 0.5) is 27.6 Å². The molecule has 0 aliphatic heterocycles. The molecule has 3 aromatic rings. The second kappa shape index (κ2) is 7.18. The maximum absolute atomic E-state index is 13.6. The summed E-state index contributed by atoms with van der Waals surface area (Å²) in [6.45, 7) is 0. The average molecular weight is 381 g/mol. The lowest BCUT2D eigenvalue weighted by Gasteiger charge is -2.12. The van der Waals surface area contributed by atoms with Crippen LogP contribution in [0.3, 0.4) is 0 Å². The average Bonchev–Trinajstić information content (AvgIpc) is 3.00. The number of hydrogen-bond acceptors (Lipinski definition) is 2. The molecule has 0 radical (unpaired) electrons. The van der Waals surface area contributed by atoms with Gasteiger partial charge in [0.05, 0.1) is 11.3 Å². The first-order chi connectivity index (χ1) is 12.8. The molecule has 4 nitrogen and oxygen atoms in total. The number of anilines is 1. The smallest absolute Gasteiger partial charge is 0.282 e. The third kappa shape index (κ3) is 3.81. The predicted octanol–water partition coefficient (Wildman–Crippen LogP) is 4.69. The fraction of sp³-hybridized carbons (Fsp3) is 0.111. The molecule has 1 N–H and O–H groups in total. The van der Waals surface area contributed by atoms with E-state index in [1.165, 1.54) is 19.2 Å². The van der Waals surface area contributed by atoms with Crippen LogP contribution < -0.4 is 5.32 Å². The number of aromatic nitrogens is 2. The van der Waals surface area contributed by atoms with Crippen LogP contribution in [0.1, 0.15) is 22.5 Å². The van der Waals surface area contributed by atoms with Gasteiger partial charge in [0.15, 0.2) is 11.6 Å². The highest BCUT2D eigenvalue weighted by molar-refractivity contribution is 6.07. The molecule has 0 fully saturated rings. The van der Waals surface area contributed by atoms with Gasteiger partial charge in [0, 0.05) is 18.8 Å². The standard InChI is InChI=1S/C18H12F5N3O/c1-26-8-12(16(25-26)17(22)23)18(27)24-15-7-10(19)3-4-11(15)9-2-5-13(20)14(21)6-9/h2-8,17H,1H3,(H,24,27). The topological polar surface area (TPSA) is 46.9 Å². The van der Waals surface area contributed by atoms with E-state index in [1.807, 2.05) is 0 Å². The van der Waals surface area contributed by atoms with Crippen LogP contribution in [-0.2, 0) is 7.05 Å². The monoisotopic (exact) mass is 381 g/mol. The zero-order valence-corrected chi connectivity index (χ0v) is 13.8. The van der Waals surface area contributed by atoms with E-state index in [0.717, 1.165) is 35.1 Å². The number of halogens is 5. The third-order valence-electron chi connectivity index (χ3n) is 3.77.